The number of benzene rings is 2. The average molecular weight is 366 g/mol. The van der Waals surface area contributed by atoms with Crippen LogP contribution in [0.25, 0.3) is 0 Å². The van der Waals surface area contributed by atoms with Crippen molar-refractivity contribution in [3.63, 3.8) is 0 Å². The van der Waals surface area contributed by atoms with E-state index in [9.17, 15) is 9.59 Å². The topological polar surface area (TPSA) is 55.4 Å². The predicted octanol–water partition coefficient (Wildman–Crippen LogP) is 4.47. The van der Waals surface area contributed by atoms with Crippen molar-refractivity contribution in [1.82, 2.24) is 0 Å². The summed E-state index contributed by atoms with van der Waals surface area (Å²) in [5, 5.41) is 2.07. The molecule has 1 N–H and O–H groups in total. The number of carbonyl (C=O) groups is 2. The summed E-state index contributed by atoms with van der Waals surface area (Å²) in [4.78, 5) is 23.9. The summed E-state index contributed by atoms with van der Waals surface area (Å²) in [7, 11) is 0. The highest BCUT2D eigenvalue weighted by Gasteiger charge is 2.15. The molecule has 0 heterocycles. The van der Waals surface area contributed by atoms with Crippen molar-refractivity contribution < 1.29 is 14.3 Å². The Morgan fingerprint density at radius 3 is 2.33 bits per heavy atom. The minimum absolute atomic E-state index is 0.290. The number of para-hydroxylation sites is 1. The Morgan fingerprint density at radius 2 is 1.71 bits per heavy atom. The van der Waals surface area contributed by atoms with Crippen molar-refractivity contribution >= 4 is 40.8 Å². The van der Waals surface area contributed by atoms with E-state index in [2.05, 4.69) is 5.32 Å². The van der Waals surface area contributed by atoms with Crippen molar-refractivity contribution in [2.75, 3.05) is 11.2 Å². The van der Waals surface area contributed by atoms with E-state index in [1.165, 1.54) is 0 Å². The van der Waals surface area contributed by atoms with E-state index in [4.69, 9.17) is 27.9 Å². The van der Waals surface area contributed by atoms with E-state index in [1.54, 1.807) is 48.5 Å². The molecule has 4 nitrogen and oxygen atoms in total. The third-order valence-electron chi connectivity index (χ3n) is 3.22. The number of amides is 1. The van der Waals surface area contributed by atoms with Gasteiger partial charge in [0.25, 0.3) is 0 Å². The van der Waals surface area contributed by atoms with Crippen LogP contribution in [0.5, 0.6) is 5.75 Å². The smallest absolute Gasteiger partial charge is 0.343 e. The van der Waals surface area contributed by atoms with E-state index in [0.717, 1.165) is 0 Å². The molecule has 0 aromatic heterocycles. The maximum absolute atomic E-state index is 12.0. The molecule has 1 amide bonds. The third kappa shape index (κ3) is 5.55. The summed E-state index contributed by atoms with van der Waals surface area (Å²) in [6.07, 6.45) is 1.19. The SMILES string of the molecule is O=C(Oc1ccccc1)c1ccc(NC(=O)C(Cl)CCCCl)cc1. The van der Waals surface area contributed by atoms with Gasteiger partial charge in [0.15, 0.2) is 0 Å². The monoisotopic (exact) mass is 365 g/mol. The number of carbonyl (C=O) groups excluding carboxylic acids is 2. The number of hydrogen-bond donors (Lipinski definition) is 1. The second kappa shape index (κ2) is 9.30. The quantitative estimate of drug-likeness (QED) is 0.447. The van der Waals surface area contributed by atoms with Gasteiger partial charge in [-0.2, -0.15) is 0 Å². The molecular weight excluding hydrogens is 349 g/mol. The lowest BCUT2D eigenvalue weighted by molar-refractivity contribution is -0.116. The summed E-state index contributed by atoms with van der Waals surface area (Å²) < 4.78 is 5.24. The van der Waals surface area contributed by atoms with Crippen LogP contribution in [0.1, 0.15) is 23.2 Å². The van der Waals surface area contributed by atoms with Crippen LogP contribution in [0.15, 0.2) is 54.6 Å². The first-order valence-electron chi connectivity index (χ1n) is 7.48. The molecule has 0 radical (unpaired) electrons. The van der Waals surface area contributed by atoms with Gasteiger partial charge in [-0.25, -0.2) is 4.79 Å². The molecular formula is C18H17Cl2NO3. The molecule has 1 unspecified atom stereocenters. The molecule has 0 aliphatic rings. The number of rotatable bonds is 7. The standard InChI is InChI=1S/C18H17Cl2NO3/c19-12-4-7-16(20)17(22)21-14-10-8-13(9-11-14)18(23)24-15-5-2-1-3-6-15/h1-3,5-6,8-11,16H,4,7,12H2,(H,21,22). The molecule has 1 atom stereocenters. The Labute approximate surface area is 150 Å². The normalized spacial score (nSPS) is 11.6. The number of esters is 1. The van der Waals surface area contributed by atoms with Gasteiger partial charge >= 0.3 is 5.97 Å². The fourth-order valence-electron chi connectivity index (χ4n) is 1.95. The van der Waals surface area contributed by atoms with Gasteiger partial charge in [-0.05, 0) is 49.2 Å². The van der Waals surface area contributed by atoms with Gasteiger partial charge in [0.05, 0.1) is 5.56 Å². The molecule has 0 aliphatic carbocycles. The minimum Gasteiger partial charge on any atom is -0.423 e. The summed E-state index contributed by atoms with van der Waals surface area (Å²) in [5.74, 6) is 0.191. The first-order valence-corrected chi connectivity index (χ1v) is 8.45. The van der Waals surface area contributed by atoms with Crippen LogP contribution in [-0.2, 0) is 4.79 Å². The molecule has 0 bridgehead atoms. The first-order chi connectivity index (χ1) is 11.6. The second-order valence-corrected chi connectivity index (χ2v) is 5.97. The number of ether oxygens (including phenoxy) is 1. The van der Waals surface area contributed by atoms with Crippen LogP contribution in [-0.4, -0.2) is 23.1 Å². The van der Waals surface area contributed by atoms with Crippen molar-refractivity contribution in [2.24, 2.45) is 0 Å². The number of anilines is 1. The lowest BCUT2D eigenvalue weighted by Crippen LogP contribution is -2.23. The van der Waals surface area contributed by atoms with E-state index in [1.807, 2.05) is 6.07 Å². The molecule has 6 heteroatoms. The average Bonchev–Trinajstić information content (AvgIpc) is 2.61. The maximum atomic E-state index is 12.0. The number of halogens is 2. The molecule has 2 aromatic carbocycles. The largest absolute Gasteiger partial charge is 0.423 e. The van der Waals surface area contributed by atoms with Gasteiger partial charge in [-0.15, -0.1) is 23.2 Å². The van der Waals surface area contributed by atoms with Gasteiger partial charge in [0.2, 0.25) is 5.91 Å². The third-order valence-corrected chi connectivity index (χ3v) is 3.90. The molecule has 0 fully saturated rings. The highest BCUT2D eigenvalue weighted by Crippen LogP contribution is 2.16. The van der Waals surface area contributed by atoms with E-state index >= 15 is 0 Å². The van der Waals surface area contributed by atoms with Gasteiger partial charge in [0.1, 0.15) is 11.1 Å². The van der Waals surface area contributed by atoms with E-state index in [0.29, 0.717) is 35.7 Å². The summed E-state index contributed by atoms with van der Waals surface area (Å²) >= 11 is 11.6. The Morgan fingerprint density at radius 1 is 1.04 bits per heavy atom. The van der Waals surface area contributed by atoms with Crippen molar-refractivity contribution in [3.05, 3.63) is 60.2 Å². The van der Waals surface area contributed by atoms with Gasteiger partial charge in [-0.1, -0.05) is 18.2 Å². The molecule has 0 spiro atoms. The predicted molar refractivity (Wildman–Crippen MR) is 96.1 cm³/mol. The van der Waals surface area contributed by atoms with Crippen LogP contribution in [0.4, 0.5) is 5.69 Å². The highest BCUT2D eigenvalue weighted by molar-refractivity contribution is 6.32. The van der Waals surface area contributed by atoms with Crippen LogP contribution >= 0.6 is 23.2 Å². The van der Waals surface area contributed by atoms with Gasteiger partial charge in [0, 0.05) is 11.6 Å². The first kappa shape index (κ1) is 18.3. The second-order valence-electron chi connectivity index (χ2n) is 5.07. The Hall–Kier alpha value is -2.04. The molecule has 2 rings (SSSR count). The zero-order chi connectivity index (χ0) is 17.4. The summed E-state index contributed by atoms with van der Waals surface area (Å²) in [5.41, 5.74) is 0.953. The molecule has 2 aromatic rings. The Bertz CT molecular complexity index is 674. The zero-order valence-electron chi connectivity index (χ0n) is 12.9. The Balaban J connectivity index is 1.92. The minimum atomic E-state index is -0.633. The van der Waals surface area contributed by atoms with Crippen LogP contribution in [0.2, 0.25) is 0 Å². The zero-order valence-corrected chi connectivity index (χ0v) is 14.4. The van der Waals surface area contributed by atoms with Crippen molar-refractivity contribution in [2.45, 2.75) is 18.2 Å². The van der Waals surface area contributed by atoms with Gasteiger partial charge < -0.3 is 10.1 Å². The van der Waals surface area contributed by atoms with Crippen molar-refractivity contribution in [3.8, 4) is 5.75 Å². The highest BCUT2D eigenvalue weighted by atomic mass is 35.5. The van der Waals surface area contributed by atoms with Crippen LogP contribution in [0.3, 0.4) is 0 Å². The molecule has 0 saturated heterocycles. The fourth-order valence-corrected chi connectivity index (χ4v) is 2.32. The number of nitrogens with one attached hydrogen (secondary N) is 1. The van der Waals surface area contributed by atoms with E-state index in [-0.39, 0.29) is 5.91 Å². The lowest BCUT2D eigenvalue weighted by atomic mass is 10.2. The molecule has 24 heavy (non-hydrogen) atoms. The Kier molecular flexibility index (Phi) is 7.09. The lowest BCUT2D eigenvalue weighted by Gasteiger charge is -2.10. The van der Waals surface area contributed by atoms with Crippen LogP contribution < -0.4 is 10.1 Å². The van der Waals surface area contributed by atoms with Crippen LogP contribution in [0, 0.1) is 0 Å². The number of hydrogen-bond acceptors (Lipinski definition) is 3. The van der Waals surface area contributed by atoms with Gasteiger partial charge in [-0.3, -0.25) is 4.79 Å². The number of alkyl halides is 2. The summed E-state index contributed by atoms with van der Waals surface area (Å²) in [6, 6.07) is 15.2. The molecule has 126 valence electrons. The summed E-state index contributed by atoms with van der Waals surface area (Å²) in [6.45, 7) is 0. The van der Waals surface area contributed by atoms with E-state index < -0.39 is 11.3 Å². The molecule has 0 saturated carbocycles. The maximum Gasteiger partial charge on any atom is 0.343 e. The van der Waals surface area contributed by atoms with Crippen molar-refractivity contribution in [1.29, 1.82) is 0 Å². The fraction of sp³-hybridized carbons (Fsp3) is 0.222. The molecule has 0 aliphatic heterocycles.